The van der Waals surface area contributed by atoms with Crippen molar-refractivity contribution >= 4 is 17.6 Å². The van der Waals surface area contributed by atoms with Gasteiger partial charge in [-0.1, -0.05) is 0 Å². The molecule has 122 valence electrons. The van der Waals surface area contributed by atoms with Gasteiger partial charge < -0.3 is 19.2 Å². The molecule has 1 aromatic carbocycles. The van der Waals surface area contributed by atoms with E-state index in [1.54, 1.807) is 31.2 Å². The molecule has 0 aliphatic heterocycles. The second-order valence-corrected chi connectivity index (χ2v) is 4.88. The first-order valence-corrected chi connectivity index (χ1v) is 7.30. The number of furan rings is 1. The van der Waals surface area contributed by atoms with Gasteiger partial charge in [0.05, 0.1) is 12.9 Å². The van der Waals surface area contributed by atoms with E-state index < -0.39 is 18.0 Å². The quantitative estimate of drug-likeness (QED) is 0.828. The molecule has 1 N–H and O–H groups in total. The fourth-order valence-electron chi connectivity index (χ4n) is 1.92. The molecule has 2 rings (SSSR count). The predicted octanol–water partition coefficient (Wildman–Crippen LogP) is 3.17. The maximum atomic E-state index is 12.1. The minimum atomic E-state index is -0.927. The van der Waals surface area contributed by atoms with Gasteiger partial charge >= 0.3 is 5.97 Å². The summed E-state index contributed by atoms with van der Waals surface area (Å²) in [5.74, 6) is 0.170. The van der Waals surface area contributed by atoms with E-state index in [-0.39, 0.29) is 0 Å². The SMILES string of the molecule is CCOc1ccc(NC(=O)[C@H](C)OC(=O)c2ccoc2C)cc1. The number of anilines is 1. The molecule has 1 amide bonds. The first kappa shape index (κ1) is 16.6. The van der Waals surface area contributed by atoms with Crippen LogP contribution in [0.1, 0.15) is 30.0 Å². The van der Waals surface area contributed by atoms with Crippen molar-refractivity contribution in [2.45, 2.75) is 26.9 Å². The molecule has 2 aromatic rings. The van der Waals surface area contributed by atoms with Crippen molar-refractivity contribution in [1.82, 2.24) is 0 Å². The van der Waals surface area contributed by atoms with E-state index in [0.717, 1.165) is 5.75 Å². The van der Waals surface area contributed by atoms with Crippen molar-refractivity contribution in [3.63, 3.8) is 0 Å². The number of nitrogens with one attached hydrogen (secondary N) is 1. The van der Waals surface area contributed by atoms with Crippen LogP contribution in [0.4, 0.5) is 5.69 Å². The van der Waals surface area contributed by atoms with Gasteiger partial charge in [0.15, 0.2) is 6.10 Å². The highest BCUT2D eigenvalue weighted by Gasteiger charge is 2.21. The van der Waals surface area contributed by atoms with Crippen LogP contribution in [0.2, 0.25) is 0 Å². The lowest BCUT2D eigenvalue weighted by atomic mass is 10.2. The molecule has 0 aliphatic rings. The Labute approximate surface area is 134 Å². The number of hydrogen-bond donors (Lipinski definition) is 1. The van der Waals surface area contributed by atoms with E-state index in [1.165, 1.54) is 19.3 Å². The zero-order valence-electron chi connectivity index (χ0n) is 13.3. The molecule has 1 heterocycles. The average molecular weight is 317 g/mol. The molecule has 6 heteroatoms. The average Bonchev–Trinajstić information content (AvgIpc) is 2.95. The largest absolute Gasteiger partial charge is 0.494 e. The van der Waals surface area contributed by atoms with Gasteiger partial charge in [0, 0.05) is 5.69 Å². The molecule has 0 unspecified atom stereocenters. The van der Waals surface area contributed by atoms with Gasteiger partial charge in [-0.25, -0.2) is 4.79 Å². The Morgan fingerprint density at radius 3 is 2.48 bits per heavy atom. The predicted molar refractivity (Wildman–Crippen MR) is 84.6 cm³/mol. The van der Waals surface area contributed by atoms with E-state index in [1.807, 2.05) is 6.92 Å². The number of carbonyl (C=O) groups excluding carboxylic acids is 2. The summed E-state index contributed by atoms with van der Waals surface area (Å²) in [6.45, 7) is 5.64. The summed E-state index contributed by atoms with van der Waals surface area (Å²) in [7, 11) is 0. The molecule has 1 aromatic heterocycles. The van der Waals surface area contributed by atoms with Crippen molar-refractivity contribution in [2.75, 3.05) is 11.9 Å². The first-order chi connectivity index (χ1) is 11.0. The Morgan fingerprint density at radius 2 is 1.91 bits per heavy atom. The first-order valence-electron chi connectivity index (χ1n) is 7.30. The zero-order valence-corrected chi connectivity index (χ0v) is 13.3. The lowest BCUT2D eigenvalue weighted by molar-refractivity contribution is -0.123. The third kappa shape index (κ3) is 4.35. The molecule has 0 spiro atoms. The third-order valence-corrected chi connectivity index (χ3v) is 3.16. The molecule has 1 atom stereocenters. The standard InChI is InChI=1S/C17H19NO5/c1-4-21-14-7-5-13(6-8-14)18-16(19)12(3)23-17(20)15-9-10-22-11(15)2/h5-10,12H,4H2,1-3H3,(H,18,19)/t12-/m0/s1. The van der Waals surface area contributed by atoms with Crippen LogP contribution in [0.15, 0.2) is 41.0 Å². The minimum absolute atomic E-state index is 0.311. The van der Waals surface area contributed by atoms with Crippen LogP contribution < -0.4 is 10.1 Å². The number of hydrogen-bond acceptors (Lipinski definition) is 5. The van der Waals surface area contributed by atoms with Gasteiger partial charge in [-0.15, -0.1) is 0 Å². The molecular weight excluding hydrogens is 298 g/mol. The van der Waals surface area contributed by atoms with Crippen LogP contribution in [-0.4, -0.2) is 24.6 Å². The molecule has 0 radical (unpaired) electrons. The normalized spacial score (nSPS) is 11.6. The second-order valence-electron chi connectivity index (χ2n) is 4.88. The van der Waals surface area contributed by atoms with Crippen molar-refractivity contribution in [2.24, 2.45) is 0 Å². The van der Waals surface area contributed by atoms with E-state index >= 15 is 0 Å². The molecule has 0 aliphatic carbocycles. The number of benzene rings is 1. The van der Waals surface area contributed by atoms with Crippen LogP contribution in [0.3, 0.4) is 0 Å². The second kappa shape index (κ2) is 7.49. The molecular formula is C17H19NO5. The monoisotopic (exact) mass is 317 g/mol. The van der Waals surface area contributed by atoms with Gasteiger partial charge in [0.2, 0.25) is 0 Å². The van der Waals surface area contributed by atoms with Crippen LogP contribution in [0.25, 0.3) is 0 Å². The Balaban J connectivity index is 1.92. The smallest absolute Gasteiger partial charge is 0.342 e. The third-order valence-electron chi connectivity index (χ3n) is 3.16. The lowest BCUT2D eigenvalue weighted by Crippen LogP contribution is -2.30. The summed E-state index contributed by atoms with van der Waals surface area (Å²) in [6.07, 6.45) is 0.472. The molecule has 23 heavy (non-hydrogen) atoms. The Kier molecular flexibility index (Phi) is 5.41. The topological polar surface area (TPSA) is 77.8 Å². The molecule has 0 fully saturated rings. The van der Waals surface area contributed by atoms with Crippen LogP contribution in [0, 0.1) is 6.92 Å². The van der Waals surface area contributed by atoms with Gasteiger partial charge in [0.25, 0.3) is 5.91 Å². The summed E-state index contributed by atoms with van der Waals surface area (Å²) in [5, 5.41) is 2.68. The maximum Gasteiger partial charge on any atom is 0.342 e. The van der Waals surface area contributed by atoms with E-state index in [4.69, 9.17) is 13.9 Å². The zero-order chi connectivity index (χ0) is 16.8. The van der Waals surface area contributed by atoms with Crippen LogP contribution >= 0.6 is 0 Å². The van der Waals surface area contributed by atoms with Crippen LogP contribution in [0.5, 0.6) is 5.75 Å². The van der Waals surface area contributed by atoms with E-state index in [2.05, 4.69) is 5.32 Å². The van der Waals surface area contributed by atoms with Gasteiger partial charge in [-0.2, -0.15) is 0 Å². The summed E-state index contributed by atoms with van der Waals surface area (Å²) >= 11 is 0. The van der Waals surface area contributed by atoms with Crippen molar-refractivity contribution in [1.29, 1.82) is 0 Å². The molecule has 0 bridgehead atoms. The van der Waals surface area contributed by atoms with Crippen LogP contribution in [-0.2, 0) is 9.53 Å². The fourth-order valence-corrected chi connectivity index (χ4v) is 1.92. The molecule has 0 saturated carbocycles. The molecule has 6 nitrogen and oxygen atoms in total. The Morgan fingerprint density at radius 1 is 1.22 bits per heavy atom. The van der Waals surface area contributed by atoms with Gasteiger partial charge in [-0.3, -0.25) is 4.79 Å². The highest BCUT2D eigenvalue weighted by molar-refractivity contribution is 5.97. The highest BCUT2D eigenvalue weighted by atomic mass is 16.5. The summed E-state index contributed by atoms with van der Waals surface area (Å²) < 4.78 is 15.5. The number of rotatable bonds is 6. The van der Waals surface area contributed by atoms with Gasteiger partial charge in [-0.05, 0) is 51.1 Å². The number of esters is 1. The Bertz CT molecular complexity index is 675. The summed E-state index contributed by atoms with van der Waals surface area (Å²) in [5.41, 5.74) is 0.909. The number of ether oxygens (including phenoxy) is 2. The summed E-state index contributed by atoms with van der Waals surface area (Å²) in [6, 6.07) is 8.46. The van der Waals surface area contributed by atoms with E-state index in [9.17, 15) is 9.59 Å². The van der Waals surface area contributed by atoms with Crippen molar-refractivity contribution in [3.05, 3.63) is 47.9 Å². The number of aryl methyl sites for hydroxylation is 1. The fraction of sp³-hybridized carbons (Fsp3) is 0.294. The molecule has 0 saturated heterocycles. The van der Waals surface area contributed by atoms with Crippen molar-refractivity contribution in [3.8, 4) is 5.75 Å². The van der Waals surface area contributed by atoms with E-state index in [0.29, 0.717) is 23.6 Å². The number of amides is 1. The maximum absolute atomic E-state index is 12.1. The van der Waals surface area contributed by atoms with Crippen molar-refractivity contribution < 1.29 is 23.5 Å². The lowest BCUT2D eigenvalue weighted by Gasteiger charge is -2.13. The highest BCUT2D eigenvalue weighted by Crippen LogP contribution is 2.16. The summed E-state index contributed by atoms with van der Waals surface area (Å²) in [4.78, 5) is 24.0. The van der Waals surface area contributed by atoms with Gasteiger partial charge in [0.1, 0.15) is 17.1 Å². The minimum Gasteiger partial charge on any atom is -0.494 e. The Hall–Kier alpha value is -2.76. The number of carbonyl (C=O) groups is 2.